The molecule has 4 N–H and O–H groups in total. The highest BCUT2D eigenvalue weighted by atomic mass is 31.3. The molecule has 0 aliphatic carbocycles. The van der Waals surface area contributed by atoms with E-state index in [9.17, 15) is 23.5 Å². The van der Waals surface area contributed by atoms with Crippen LogP contribution in [0.4, 0.5) is 0 Å². The van der Waals surface area contributed by atoms with E-state index in [0.717, 1.165) is 0 Å². The quantitative estimate of drug-likeness (QED) is 0.297. The maximum absolute atomic E-state index is 11.4. The molecule has 3 unspecified atom stereocenters. The van der Waals surface area contributed by atoms with Crippen LogP contribution in [0.1, 0.15) is 13.8 Å². The van der Waals surface area contributed by atoms with Gasteiger partial charge in [0.05, 0.1) is 19.8 Å². The van der Waals surface area contributed by atoms with Gasteiger partial charge in [0, 0.05) is 0 Å². The summed E-state index contributed by atoms with van der Waals surface area (Å²) in [5, 5.41) is 8.70. The minimum absolute atomic E-state index is 0.321. The first-order chi connectivity index (χ1) is 10.4. The Labute approximate surface area is 133 Å². The molecule has 0 bridgehead atoms. The molecule has 11 nitrogen and oxygen atoms in total. The molecule has 0 amide bonds. The summed E-state index contributed by atoms with van der Waals surface area (Å²) in [4.78, 5) is 27.6. The van der Waals surface area contributed by atoms with E-state index in [4.69, 9.17) is 10.00 Å². The van der Waals surface area contributed by atoms with Gasteiger partial charge in [0.2, 0.25) is 0 Å². The topological polar surface area (TPSA) is 169 Å². The Morgan fingerprint density at radius 2 is 1.43 bits per heavy atom. The van der Waals surface area contributed by atoms with Crippen molar-refractivity contribution < 1.29 is 51.2 Å². The van der Waals surface area contributed by atoms with Crippen LogP contribution in [0.15, 0.2) is 23.8 Å². The van der Waals surface area contributed by atoms with Crippen molar-refractivity contribution in [3.63, 3.8) is 0 Å². The standard InChI is InChI=1S/C9H19O11P3/c1-3-4-6-17-21(11,12)19-23(15,16)20-22(13,14)18-7-5-9(2)8-10/h3-5,10H,6-8H2,1-2H3,(H,11,12)(H,13,14)(H,15,16)/b4-3+,9-5+. The largest absolute Gasteiger partial charge is 0.490 e. The van der Waals surface area contributed by atoms with Gasteiger partial charge in [-0.3, -0.25) is 9.05 Å². The van der Waals surface area contributed by atoms with Crippen molar-refractivity contribution in [2.45, 2.75) is 13.8 Å². The van der Waals surface area contributed by atoms with Crippen LogP contribution < -0.4 is 0 Å². The second-order valence-corrected chi connectivity index (χ2v) is 8.57. The zero-order valence-electron chi connectivity index (χ0n) is 12.3. The molecule has 0 saturated carbocycles. The molecule has 0 aliphatic heterocycles. The minimum Gasteiger partial charge on any atom is -0.392 e. The van der Waals surface area contributed by atoms with Gasteiger partial charge in [-0.15, -0.1) is 0 Å². The summed E-state index contributed by atoms with van der Waals surface area (Å²) in [5.74, 6) is 0. The van der Waals surface area contributed by atoms with Crippen LogP contribution >= 0.6 is 23.5 Å². The Hall–Kier alpha value is -0.150. The average molecular weight is 396 g/mol. The lowest BCUT2D eigenvalue weighted by molar-refractivity contribution is 0.169. The van der Waals surface area contributed by atoms with Crippen LogP contribution in [0.3, 0.4) is 0 Å². The van der Waals surface area contributed by atoms with Crippen LogP contribution in [-0.2, 0) is 31.4 Å². The Balaban J connectivity index is 4.67. The second kappa shape index (κ2) is 9.98. The number of aliphatic hydroxyl groups excluding tert-OH is 1. The van der Waals surface area contributed by atoms with Crippen molar-refractivity contribution in [1.82, 2.24) is 0 Å². The van der Waals surface area contributed by atoms with Gasteiger partial charge in [-0.1, -0.05) is 18.2 Å². The molecule has 136 valence electrons. The predicted molar refractivity (Wildman–Crippen MR) is 79.2 cm³/mol. The third-order valence-electron chi connectivity index (χ3n) is 1.90. The molecule has 23 heavy (non-hydrogen) atoms. The van der Waals surface area contributed by atoms with E-state index < -0.39 is 36.7 Å². The highest BCUT2D eigenvalue weighted by molar-refractivity contribution is 7.66. The van der Waals surface area contributed by atoms with Crippen LogP contribution in [0, 0.1) is 0 Å². The van der Waals surface area contributed by atoms with Crippen molar-refractivity contribution in [3.05, 3.63) is 23.8 Å². The SMILES string of the molecule is C/C=C/COP(=O)(O)OP(=O)(O)OP(=O)(O)OC/C=C(\C)CO. The van der Waals surface area contributed by atoms with Gasteiger partial charge in [0.15, 0.2) is 0 Å². The highest BCUT2D eigenvalue weighted by Gasteiger charge is 2.41. The molecule has 0 spiro atoms. The summed E-state index contributed by atoms with van der Waals surface area (Å²) in [6.07, 6.45) is 4.00. The Morgan fingerprint density at radius 3 is 1.87 bits per heavy atom. The van der Waals surface area contributed by atoms with E-state index in [-0.39, 0.29) is 6.61 Å². The summed E-state index contributed by atoms with van der Waals surface area (Å²) in [5.41, 5.74) is 0.408. The molecule has 0 aliphatic rings. The zero-order chi connectivity index (χ0) is 18.1. The minimum atomic E-state index is -5.43. The van der Waals surface area contributed by atoms with Crippen LogP contribution in [0.2, 0.25) is 0 Å². The van der Waals surface area contributed by atoms with Crippen molar-refractivity contribution in [3.8, 4) is 0 Å². The molecule has 0 fully saturated rings. The van der Waals surface area contributed by atoms with Gasteiger partial charge in [-0.2, -0.15) is 8.62 Å². The van der Waals surface area contributed by atoms with Crippen molar-refractivity contribution in [2.75, 3.05) is 19.8 Å². The zero-order valence-corrected chi connectivity index (χ0v) is 15.0. The molecule has 0 aromatic rings. The molecule has 0 aromatic carbocycles. The molecule has 0 radical (unpaired) electrons. The Bertz CT molecular complexity index is 569. The average Bonchev–Trinajstić information content (AvgIpc) is 2.35. The molecule has 0 heterocycles. The van der Waals surface area contributed by atoms with E-state index >= 15 is 0 Å². The van der Waals surface area contributed by atoms with Gasteiger partial charge in [0.1, 0.15) is 0 Å². The van der Waals surface area contributed by atoms with Gasteiger partial charge in [0.25, 0.3) is 0 Å². The molecular formula is C9H19O11P3. The van der Waals surface area contributed by atoms with Gasteiger partial charge in [-0.25, -0.2) is 13.7 Å². The van der Waals surface area contributed by atoms with Crippen LogP contribution in [0.25, 0.3) is 0 Å². The maximum Gasteiger partial charge on any atom is 0.490 e. The molecule has 0 rings (SSSR count). The lowest BCUT2D eigenvalue weighted by Crippen LogP contribution is -1.99. The molecule has 0 saturated heterocycles. The molecule has 0 aromatic heterocycles. The predicted octanol–water partition coefficient (Wildman–Crippen LogP) is 1.87. The first-order valence-corrected chi connectivity index (χ1v) is 10.5. The summed E-state index contributed by atoms with van der Waals surface area (Å²) < 4.78 is 50.5. The number of phosphoric ester groups is 2. The third kappa shape index (κ3) is 11.9. The highest BCUT2D eigenvalue weighted by Crippen LogP contribution is 2.67. The van der Waals surface area contributed by atoms with Crippen molar-refractivity contribution in [1.29, 1.82) is 0 Å². The number of allylic oxidation sites excluding steroid dienone is 1. The van der Waals surface area contributed by atoms with Gasteiger partial charge in [-0.05, 0) is 19.4 Å². The fraction of sp³-hybridized carbons (Fsp3) is 0.556. The van der Waals surface area contributed by atoms with E-state index in [2.05, 4.69) is 17.7 Å². The number of aliphatic hydroxyl groups is 1. The van der Waals surface area contributed by atoms with Gasteiger partial charge < -0.3 is 19.8 Å². The lowest BCUT2D eigenvalue weighted by atomic mass is 10.3. The molecular weight excluding hydrogens is 377 g/mol. The summed E-state index contributed by atoms with van der Waals surface area (Å²) >= 11 is 0. The number of hydrogen-bond acceptors (Lipinski definition) is 8. The Morgan fingerprint density at radius 1 is 0.957 bits per heavy atom. The maximum atomic E-state index is 11.4. The fourth-order valence-corrected chi connectivity index (χ4v) is 4.28. The smallest absolute Gasteiger partial charge is 0.392 e. The van der Waals surface area contributed by atoms with Crippen molar-refractivity contribution >= 4 is 23.5 Å². The third-order valence-corrected chi connectivity index (χ3v) is 6.15. The Kier molecular flexibility index (Phi) is 9.92. The lowest BCUT2D eigenvalue weighted by Gasteiger charge is -2.17. The summed E-state index contributed by atoms with van der Waals surface area (Å²) in [6, 6.07) is 0. The van der Waals surface area contributed by atoms with Crippen LogP contribution in [-0.4, -0.2) is 39.6 Å². The monoisotopic (exact) mass is 396 g/mol. The van der Waals surface area contributed by atoms with Crippen molar-refractivity contribution in [2.24, 2.45) is 0 Å². The van der Waals surface area contributed by atoms with E-state index in [1.165, 1.54) is 25.2 Å². The number of phosphoric acid groups is 3. The number of hydrogen-bond donors (Lipinski definition) is 4. The van der Waals surface area contributed by atoms with Crippen LogP contribution in [0.5, 0.6) is 0 Å². The normalized spacial score (nSPS) is 20.9. The van der Waals surface area contributed by atoms with E-state index in [0.29, 0.717) is 5.57 Å². The second-order valence-electron chi connectivity index (χ2n) is 3.94. The van der Waals surface area contributed by atoms with E-state index in [1.807, 2.05) is 0 Å². The summed E-state index contributed by atoms with van der Waals surface area (Å²) in [7, 11) is -15.5. The first-order valence-electron chi connectivity index (χ1n) is 6.01. The molecule has 14 heteroatoms. The fourth-order valence-electron chi connectivity index (χ4n) is 0.895. The number of rotatable bonds is 11. The van der Waals surface area contributed by atoms with E-state index in [1.54, 1.807) is 6.92 Å². The first kappa shape index (κ1) is 22.9. The molecule has 3 atom stereocenters. The van der Waals surface area contributed by atoms with Gasteiger partial charge >= 0.3 is 23.5 Å². The summed E-state index contributed by atoms with van der Waals surface area (Å²) in [6.45, 7) is 1.85.